The smallest absolute Gasteiger partial charge is 0.0366 e. The lowest BCUT2D eigenvalue weighted by atomic mass is 9.79. The molecule has 2 nitrogen and oxygen atoms in total. The van der Waals surface area contributed by atoms with Crippen molar-refractivity contribution in [3.05, 3.63) is 30.3 Å². The van der Waals surface area contributed by atoms with Crippen LogP contribution in [0, 0.1) is 5.41 Å². The van der Waals surface area contributed by atoms with Gasteiger partial charge >= 0.3 is 0 Å². The second-order valence-electron chi connectivity index (χ2n) is 5.85. The number of hydrogen-bond acceptors (Lipinski definition) is 2. The Kier molecular flexibility index (Phi) is 2.83. The van der Waals surface area contributed by atoms with E-state index in [9.17, 15) is 0 Å². The molecule has 2 heterocycles. The molecule has 0 N–H and O–H groups in total. The standard InChI is InChI=1S/C15H22N2/c1-16-11-9-15(12-16)8-5-10-17(13-15)14-6-3-2-4-7-14/h2-4,6-7H,5,8-13H2,1H3. The summed E-state index contributed by atoms with van der Waals surface area (Å²) in [4.78, 5) is 5.08. The number of nitrogens with zero attached hydrogens (tertiary/aromatic N) is 2. The molecule has 2 fully saturated rings. The molecule has 17 heavy (non-hydrogen) atoms. The molecule has 2 saturated heterocycles. The molecule has 1 unspecified atom stereocenters. The van der Waals surface area contributed by atoms with Gasteiger partial charge < -0.3 is 9.80 Å². The molecule has 0 amide bonds. The molecule has 0 bridgehead atoms. The van der Waals surface area contributed by atoms with Crippen LogP contribution in [-0.4, -0.2) is 38.1 Å². The van der Waals surface area contributed by atoms with Crippen LogP contribution in [0.2, 0.25) is 0 Å². The van der Waals surface area contributed by atoms with Gasteiger partial charge in [-0.2, -0.15) is 0 Å². The Morgan fingerprint density at radius 2 is 1.82 bits per heavy atom. The predicted octanol–water partition coefficient (Wildman–Crippen LogP) is 2.61. The van der Waals surface area contributed by atoms with Gasteiger partial charge in [-0.25, -0.2) is 0 Å². The lowest BCUT2D eigenvalue weighted by Gasteiger charge is -2.41. The van der Waals surface area contributed by atoms with Gasteiger partial charge in [-0.3, -0.25) is 0 Å². The third-order valence-corrected chi connectivity index (χ3v) is 4.41. The summed E-state index contributed by atoms with van der Waals surface area (Å²) in [6, 6.07) is 10.9. The first-order chi connectivity index (χ1) is 8.27. The van der Waals surface area contributed by atoms with Crippen LogP contribution in [0.3, 0.4) is 0 Å². The van der Waals surface area contributed by atoms with Crippen LogP contribution in [0.25, 0.3) is 0 Å². The fourth-order valence-corrected chi connectivity index (χ4v) is 3.56. The molecule has 0 radical (unpaired) electrons. The van der Waals surface area contributed by atoms with Crippen molar-refractivity contribution in [1.82, 2.24) is 4.90 Å². The Morgan fingerprint density at radius 3 is 2.53 bits per heavy atom. The van der Waals surface area contributed by atoms with Gasteiger partial charge in [0, 0.05) is 30.7 Å². The van der Waals surface area contributed by atoms with Gasteiger partial charge in [0.1, 0.15) is 0 Å². The molecule has 2 aliphatic rings. The first-order valence-corrected chi connectivity index (χ1v) is 6.76. The summed E-state index contributed by atoms with van der Waals surface area (Å²) in [5.41, 5.74) is 1.98. The zero-order valence-electron chi connectivity index (χ0n) is 10.7. The van der Waals surface area contributed by atoms with Gasteiger partial charge in [0.15, 0.2) is 0 Å². The number of rotatable bonds is 1. The number of para-hydroxylation sites is 1. The van der Waals surface area contributed by atoms with E-state index in [0.717, 1.165) is 0 Å². The Hall–Kier alpha value is -1.02. The van der Waals surface area contributed by atoms with E-state index in [1.807, 2.05) is 0 Å². The van der Waals surface area contributed by atoms with Gasteiger partial charge in [-0.05, 0) is 45.0 Å². The van der Waals surface area contributed by atoms with Crippen LogP contribution in [0.15, 0.2) is 30.3 Å². The molecule has 0 aromatic heterocycles. The SMILES string of the molecule is CN1CCC2(CCCN(c3ccccc3)C2)C1. The van der Waals surface area contributed by atoms with E-state index in [4.69, 9.17) is 0 Å². The summed E-state index contributed by atoms with van der Waals surface area (Å²) in [5, 5.41) is 0. The summed E-state index contributed by atoms with van der Waals surface area (Å²) in [7, 11) is 2.26. The highest BCUT2D eigenvalue weighted by molar-refractivity contribution is 5.46. The van der Waals surface area contributed by atoms with Crippen LogP contribution in [0.4, 0.5) is 5.69 Å². The maximum atomic E-state index is 2.59. The van der Waals surface area contributed by atoms with Crippen LogP contribution in [0.5, 0.6) is 0 Å². The highest BCUT2D eigenvalue weighted by Gasteiger charge is 2.40. The van der Waals surface area contributed by atoms with Gasteiger partial charge in [0.2, 0.25) is 0 Å². The molecule has 1 atom stereocenters. The first kappa shape index (κ1) is 11.1. The number of anilines is 1. The molecule has 1 aromatic rings. The van der Waals surface area contributed by atoms with Crippen LogP contribution in [0.1, 0.15) is 19.3 Å². The molecule has 1 aromatic carbocycles. The van der Waals surface area contributed by atoms with Gasteiger partial charge in [0.05, 0.1) is 0 Å². The summed E-state index contributed by atoms with van der Waals surface area (Å²) < 4.78 is 0. The first-order valence-electron chi connectivity index (χ1n) is 6.76. The third kappa shape index (κ3) is 2.19. The number of hydrogen-bond donors (Lipinski definition) is 0. The van der Waals surface area contributed by atoms with Crippen LogP contribution < -0.4 is 4.90 Å². The summed E-state index contributed by atoms with van der Waals surface area (Å²) in [6.45, 7) is 5.05. The Bertz CT molecular complexity index is 372. The van der Waals surface area contributed by atoms with E-state index in [-0.39, 0.29) is 0 Å². The van der Waals surface area contributed by atoms with Crippen molar-refractivity contribution in [2.45, 2.75) is 19.3 Å². The largest absolute Gasteiger partial charge is 0.371 e. The van der Waals surface area contributed by atoms with Crippen LogP contribution >= 0.6 is 0 Å². The zero-order valence-corrected chi connectivity index (χ0v) is 10.7. The maximum Gasteiger partial charge on any atom is 0.0366 e. The lowest BCUT2D eigenvalue weighted by Crippen LogP contribution is -2.44. The predicted molar refractivity (Wildman–Crippen MR) is 72.4 cm³/mol. The second kappa shape index (κ2) is 4.34. The minimum absolute atomic E-state index is 0.572. The fraction of sp³-hybridized carbons (Fsp3) is 0.600. The van der Waals surface area contributed by atoms with Crippen molar-refractivity contribution in [2.24, 2.45) is 5.41 Å². The van der Waals surface area contributed by atoms with E-state index in [2.05, 4.69) is 47.2 Å². The van der Waals surface area contributed by atoms with Gasteiger partial charge in [-0.1, -0.05) is 18.2 Å². The minimum Gasteiger partial charge on any atom is -0.371 e. The molecule has 1 spiro atoms. The number of piperidine rings is 1. The zero-order chi connectivity index (χ0) is 11.7. The fourth-order valence-electron chi connectivity index (χ4n) is 3.56. The normalized spacial score (nSPS) is 30.1. The van der Waals surface area contributed by atoms with Crippen molar-refractivity contribution < 1.29 is 0 Å². The van der Waals surface area contributed by atoms with Crippen molar-refractivity contribution in [1.29, 1.82) is 0 Å². The number of likely N-dealkylation sites (tertiary alicyclic amines) is 1. The molecule has 92 valence electrons. The van der Waals surface area contributed by atoms with Gasteiger partial charge in [0.25, 0.3) is 0 Å². The quantitative estimate of drug-likeness (QED) is 0.731. The van der Waals surface area contributed by atoms with E-state index in [0.29, 0.717) is 5.41 Å². The molecule has 0 aliphatic carbocycles. The van der Waals surface area contributed by atoms with Crippen LogP contribution in [-0.2, 0) is 0 Å². The number of benzene rings is 1. The highest BCUT2D eigenvalue weighted by Crippen LogP contribution is 2.39. The molecular weight excluding hydrogens is 208 g/mol. The lowest BCUT2D eigenvalue weighted by molar-refractivity contribution is 0.234. The van der Waals surface area contributed by atoms with Crippen molar-refractivity contribution in [2.75, 3.05) is 38.1 Å². The monoisotopic (exact) mass is 230 g/mol. The Labute approximate surface area is 104 Å². The van der Waals surface area contributed by atoms with Gasteiger partial charge in [-0.15, -0.1) is 0 Å². The van der Waals surface area contributed by atoms with Crippen molar-refractivity contribution in [3.63, 3.8) is 0 Å². The topological polar surface area (TPSA) is 6.48 Å². The Balaban J connectivity index is 1.76. The van der Waals surface area contributed by atoms with Crippen molar-refractivity contribution in [3.8, 4) is 0 Å². The van der Waals surface area contributed by atoms with Crippen molar-refractivity contribution >= 4 is 5.69 Å². The highest BCUT2D eigenvalue weighted by atomic mass is 15.2. The van der Waals surface area contributed by atoms with E-state index in [1.54, 1.807) is 0 Å². The maximum absolute atomic E-state index is 2.59. The molecule has 2 heteroatoms. The summed E-state index contributed by atoms with van der Waals surface area (Å²) >= 11 is 0. The summed E-state index contributed by atoms with van der Waals surface area (Å²) in [5.74, 6) is 0. The van der Waals surface area contributed by atoms with E-state index >= 15 is 0 Å². The molecule has 3 rings (SSSR count). The molecule has 0 saturated carbocycles. The third-order valence-electron chi connectivity index (χ3n) is 4.41. The second-order valence-corrected chi connectivity index (χ2v) is 5.85. The average molecular weight is 230 g/mol. The average Bonchev–Trinajstić information content (AvgIpc) is 2.71. The Morgan fingerprint density at radius 1 is 1.00 bits per heavy atom. The molecule has 2 aliphatic heterocycles. The minimum atomic E-state index is 0.572. The summed E-state index contributed by atoms with van der Waals surface area (Å²) in [6.07, 6.45) is 4.15. The van der Waals surface area contributed by atoms with E-state index in [1.165, 1.54) is 51.1 Å². The van der Waals surface area contributed by atoms with E-state index < -0.39 is 0 Å². The molecular formula is C15H22N2.